The lowest BCUT2D eigenvalue weighted by atomic mass is 10.1. The Hall–Kier alpha value is -2.43. The number of hydrogen-bond acceptors (Lipinski definition) is 2. The quantitative estimate of drug-likeness (QED) is 0.757. The summed E-state index contributed by atoms with van der Waals surface area (Å²) in [5.74, 6) is -0.0866. The minimum absolute atomic E-state index is 0.0935. The third-order valence-corrected chi connectivity index (χ3v) is 3.30. The predicted molar refractivity (Wildman–Crippen MR) is 84.2 cm³/mol. The van der Waals surface area contributed by atoms with E-state index < -0.39 is 0 Å². The van der Waals surface area contributed by atoms with Crippen molar-refractivity contribution < 1.29 is 18.3 Å². The van der Waals surface area contributed by atoms with Crippen LogP contribution < -0.4 is 10.1 Å². The highest BCUT2D eigenvalue weighted by Crippen LogP contribution is 2.11. The van der Waals surface area contributed by atoms with E-state index in [2.05, 4.69) is 5.32 Å². The van der Waals surface area contributed by atoms with Crippen LogP contribution in [0.4, 0.5) is 8.78 Å². The van der Waals surface area contributed by atoms with Gasteiger partial charge in [0.2, 0.25) is 5.91 Å². The van der Waals surface area contributed by atoms with Gasteiger partial charge in [-0.2, -0.15) is 0 Å². The molecule has 0 saturated heterocycles. The molecule has 0 aliphatic carbocycles. The van der Waals surface area contributed by atoms with E-state index in [4.69, 9.17) is 4.74 Å². The minimum atomic E-state index is -0.313. The van der Waals surface area contributed by atoms with Crippen LogP contribution in [-0.2, 0) is 11.2 Å². The monoisotopic (exact) mass is 319 g/mol. The topological polar surface area (TPSA) is 38.3 Å². The van der Waals surface area contributed by atoms with Gasteiger partial charge in [0.1, 0.15) is 17.4 Å². The maximum absolute atomic E-state index is 13.4. The summed E-state index contributed by atoms with van der Waals surface area (Å²) in [6.07, 6.45) is 1.35. The van der Waals surface area contributed by atoms with Crippen molar-refractivity contribution in [3.05, 3.63) is 65.7 Å². The summed E-state index contributed by atoms with van der Waals surface area (Å²) < 4.78 is 31.5. The minimum Gasteiger partial charge on any atom is -0.494 e. The standard InChI is InChI=1S/C18H19F2NO2/c19-15-7-9-16(10-8-15)23-13-3-6-18(22)21-12-11-14-4-1-2-5-17(14)20/h1-2,4-5,7-10H,3,6,11-13H2,(H,21,22). The number of rotatable bonds is 8. The fourth-order valence-corrected chi connectivity index (χ4v) is 2.08. The molecule has 0 bridgehead atoms. The third-order valence-electron chi connectivity index (χ3n) is 3.30. The Morgan fingerprint density at radius 1 is 1.04 bits per heavy atom. The summed E-state index contributed by atoms with van der Waals surface area (Å²) in [4.78, 5) is 11.7. The van der Waals surface area contributed by atoms with Gasteiger partial charge in [0, 0.05) is 13.0 Å². The summed E-state index contributed by atoms with van der Waals surface area (Å²) >= 11 is 0. The Bertz CT molecular complexity index is 629. The second-order valence-corrected chi connectivity index (χ2v) is 5.10. The molecule has 0 radical (unpaired) electrons. The molecule has 23 heavy (non-hydrogen) atoms. The van der Waals surface area contributed by atoms with Gasteiger partial charge in [0.25, 0.3) is 0 Å². The highest BCUT2D eigenvalue weighted by atomic mass is 19.1. The Morgan fingerprint density at radius 3 is 2.52 bits per heavy atom. The first-order valence-corrected chi connectivity index (χ1v) is 7.53. The van der Waals surface area contributed by atoms with Gasteiger partial charge in [0.05, 0.1) is 6.61 Å². The second kappa shape index (κ2) is 8.88. The molecule has 0 aromatic heterocycles. The van der Waals surface area contributed by atoms with Crippen LogP contribution >= 0.6 is 0 Å². The van der Waals surface area contributed by atoms with Gasteiger partial charge in [-0.25, -0.2) is 8.78 Å². The van der Waals surface area contributed by atoms with Crippen LogP contribution in [-0.4, -0.2) is 19.1 Å². The van der Waals surface area contributed by atoms with Crippen LogP contribution in [0.3, 0.4) is 0 Å². The predicted octanol–water partition coefficient (Wildman–Crippen LogP) is 3.48. The number of carbonyl (C=O) groups is 1. The average molecular weight is 319 g/mol. The van der Waals surface area contributed by atoms with Gasteiger partial charge >= 0.3 is 0 Å². The molecule has 2 rings (SSSR count). The number of amides is 1. The maximum atomic E-state index is 13.4. The molecule has 2 aromatic rings. The molecule has 3 nitrogen and oxygen atoms in total. The van der Waals surface area contributed by atoms with E-state index in [0.717, 1.165) is 0 Å². The molecule has 0 aliphatic heterocycles. The van der Waals surface area contributed by atoms with Gasteiger partial charge in [-0.3, -0.25) is 4.79 Å². The second-order valence-electron chi connectivity index (χ2n) is 5.10. The van der Waals surface area contributed by atoms with Gasteiger partial charge < -0.3 is 10.1 Å². The molecule has 0 heterocycles. The lowest BCUT2D eigenvalue weighted by Crippen LogP contribution is -2.26. The average Bonchev–Trinajstić information content (AvgIpc) is 2.55. The molecular weight excluding hydrogens is 300 g/mol. The van der Waals surface area contributed by atoms with Crippen LogP contribution in [0.25, 0.3) is 0 Å². The van der Waals surface area contributed by atoms with E-state index in [9.17, 15) is 13.6 Å². The summed E-state index contributed by atoms with van der Waals surface area (Å²) in [5.41, 5.74) is 0.590. The fraction of sp³-hybridized carbons (Fsp3) is 0.278. The highest BCUT2D eigenvalue weighted by Gasteiger charge is 2.04. The van der Waals surface area contributed by atoms with Crippen molar-refractivity contribution in [3.8, 4) is 5.75 Å². The fourth-order valence-electron chi connectivity index (χ4n) is 2.08. The summed E-state index contributed by atoms with van der Waals surface area (Å²) in [6, 6.07) is 12.3. The first-order valence-electron chi connectivity index (χ1n) is 7.53. The lowest BCUT2D eigenvalue weighted by molar-refractivity contribution is -0.121. The number of nitrogens with one attached hydrogen (secondary N) is 1. The molecule has 0 unspecified atom stereocenters. The van der Waals surface area contributed by atoms with Crippen LogP contribution in [0.1, 0.15) is 18.4 Å². The van der Waals surface area contributed by atoms with E-state index in [1.807, 2.05) is 0 Å². The molecule has 2 aromatic carbocycles. The molecule has 0 fully saturated rings. The van der Waals surface area contributed by atoms with E-state index in [1.54, 1.807) is 30.3 Å². The Labute approximate surface area is 134 Å². The first kappa shape index (κ1) is 16.9. The number of benzene rings is 2. The zero-order valence-electron chi connectivity index (χ0n) is 12.7. The van der Waals surface area contributed by atoms with E-state index in [-0.39, 0.29) is 17.5 Å². The third kappa shape index (κ3) is 6.06. The van der Waals surface area contributed by atoms with Crippen LogP contribution in [0, 0.1) is 11.6 Å². The van der Waals surface area contributed by atoms with Gasteiger partial charge in [-0.05, 0) is 48.7 Å². The van der Waals surface area contributed by atoms with Crippen LogP contribution in [0.2, 0.25) is 0 Å². The molecule has 1 N–H and O–H groups in total. The molecule has 1 amide bonds. The molecule has 0 spiro atoms. The number of hydrogen-bond donors (Lipinski definition) is 1. The number of halogens is 2. The molecule has 5 heteroatoms. The Balaban J connectivity index is 1.58. The normalized spacial score (nSPS) is 10.3. The van der Waals surface area contributed by atoms with Crippen molar-refractivity contribution in [1.29, 1.82) is 0 Å². The Kier molecular flexibility index (Phi) is 6.54. The van der Waals surface area contributed by atoms with Gasteiger partial charge in [-0.15, -0.1) is 0 Å². The summed E-state index contributed by atoms with van der Waals surface area (Å²) in [7, 11) is 0. The molecule has 0 aliphatic rings. The van der Waals surface area contributed by atoms with Gasteiger partial charge in [0.15, 0.2) is 0 Å². The van der Waals surface area contributed by atoms with Crippen molar-refractivity contribution in [1.82, 2.24) is 5.32 Å². The van der Waals surface area contributed by atoms with Crippen molar-refractivity contribution in [3.63, 3.8) is 0 Å². The summed E-state index contributed by atoms with van der Waals surface area (Å²) in [6.45, 7) is 0.783. The highest BCUT2D eigenvalue weighted by molar-refractivity contribution is 5.75. The number of ether oxygens (including phenoxy) is 1. The first-order chi connectivity index (χ1) is 11.1. The lowest BCUT2D eigenvalue weighted by Gasteiger charge is -2.07. The van der Waals surface area contributed by atoms with Gasteiger partial charge in [-0.1, -0.05) is 18.2 Å². The Morgan fingerprint density at radius 2 is 1.78 bits per heavy atom. The van der Waals surface area contributed by atoms with Crippen molar-refractivity contribution in [2.24, 2.45) is 0 Å². The van der Waals surface area contributed by atoms with E-state index in [0.29, 0.717) is 43.7 Å². The van der Waals surface area contributed by atoms with E-state index >= 15 is 0 Å². The molecule has 0 atom stereocenters. The molecule has 0 saturated carbocycles. The largest absolute Gasteiger partial charge is 0.494 e. The number of carbonyl (C=O) groups excluding carboxylic acids is 1. The van der Waals surface area contributed by atoms with Crippen molar-refractivity contribution in [2.45, 2.75) is 19.3 Å². The zero-order valence-corrected chi connectivity index (χ0v) is 12.7. The van der Waals surface area contributed by atoms with Crippen molar-refractivity contribution in [2.75, 3.05) is 13.2 Å². The zero-order chi connectivity index (χ0) is 16.5. The van der Waals surface area contributed by atoms with Crippen LogP contribution in [0.15, 0.2) is 48.5 Å². The van der Waals surface area contributed by atoms with E-state index in [1.165, 1.54) is 18.2 Å². The smallest absolute Gasteiger partial charge is 0.220 e. The SMILES string of the molecule is O=C(CCCOc1ccc(F)cc1)NCCc1ccccc1F. The maximum Gasteiger partial charge on any atom is 0.220 e. The summed E-state index contributed by atoms with van der Waals surface area (Å²) in [5, 5.41) is 2.75. The molecule has 122 valence electrons. The molecular formula is C18H19F2NO2. The van der Waals surface area contributed by atoms with Crippen molar-refractivity contribution >= 4 is 5.91 Å². The van der Waals surface area contributed by atoms with Crippen LogP contribution in [0.5, 0.6) is 5.75 Å².